The van der Waals surface area contributed by atoms with E-state index < -0.39 is 0 Å². The number of nitrogens with zero attached hydrogens (tertiary/aromatic N) is 3. The minimum Gasteiger partial charge on any atom is -0.355 e. The molecular formula is C21H24N4O. The predicted molar refractivity (Wildman–Crippen MR) is 104 cm³/mol. The monoisotopic (exact) mass is 348 g/mol. The van der Waals surface area contributed by atoms with Crippen LogP contribution in [0, 0.1) is 0 Å². The molecule has 0 radical (unpaired) electrons. The molecular weight excluding hydrogens is 324 g/mol. The number of fused-ring (bicyclic) bond motifs is 1. The Morgan fingerprint density at radius 2 is 1.92 bits per heavy atom. The average molecular weight is 348 g/mol. The van der Waals surface area contributed by atoms with Crippen molar-refractivity contribution in [3.8, 4) is 11.4 Å². The van der Waals surface area contributed by atoms with E-state index >= 15 is 0 Å². The van der Waals surface area contributed by atoms with Crippen LogP contribution < -0.4 is 5.32 Å². The molecule has 1 saturated heterocycles. The third-order valence-corrected chi connectivity index (χ3v) is 5.19. The maximum absolute atomic E-state index is 11.8. The minimum absolute atomic E-state index is 0.0704. The topological polar surface area (TPSA) is 50.2 Å². The third kappa shape index (κ3) is 2.99. The molecule has 0 aliphatic carbocycles. The van der Waals surface area contributed by atoms with E-state index in [4.69, 9.17) is 4.98 Å². The van der Waals surface area contributed by atoms with Gasteiger partial charge in [0.2, 0.25) is 0 Å². The van der Waals surface area contributed by atoms with Crippen molar-refractivity contribution in [2.24, 2.45) is 0 Å². The van der Waals surface area contributed by atoms with E-state index in [1.165, 1.54) is 11.9 Å². The Morgan fingerprint density at radius 1 is 1.15 bits per heavy atom. The molecule has 0 spiro atoms. The van der Waals surface area contributed by atoms with Crippen molar-refractivity contribution in [3.63, 3.8) is 0 Å². The summed E-state index contributed by atoms with van der Waals surface area (Å²) < 4.78 is 2.39. The zero-order valence-electron chi connectivity index (χ0n) is 15.3. The summed E-state index contributed by atoms with van der Waals surface area (Å²) in [7, 11) is 3.83. The first-order valence-corrected chi connectivity index (χ1v) is 9.15. The van der Waals surface area contributed by atoms with Gasteiger partial charge in [-0.1, -0.05) is 24.3 Å². The van der Waals surface area contributed by atoms with Gasteiger partial charge in [0.05, 0.1) is 11.0 Å². The standard InChI is InChI=1S/C21H24N4O/c1-22-21(26)16-11-9-15(10-12-16)20-23-18-7-3-4-8-19(18)25(20)17-6-5-13-24(2)14-17/h3-4,7-12,17H,5-6,13-14H2,1-2H3,(H,22,26)/t17-/m1/s1. The van der Waals surface area contributed by atoms with Crippen molar-refractivity contribution in [2.45, 2.75) is 18.9 Å². The van der Waals surface area contributed by atoms with Gasteiger partial charge < -0.3 is 14.8 Å². The molecule has 3 aromatic rings. The number of likely N-dealkylation sites (N-methyl/N-ethyl adjacent to an activating group) is 1. The molecule has 26 heavy (non-hydrogen) atoms. The highest BCUT2D eigenvalue weighted by Crippen LogP contribution is 2.32. The quantitative estimate of drug-likeness (QED) is 0.790. The first-order valence-electron chi connectivity index (χ1n) is 9.15. The Morgan fingerprint density at radius 3 is 2.65 bits per heavy atom. The lowest BCUT2D eigenvalue weighted by Gasteiger charge is -2.32. The molecule has 1 aliphatic heterocycles. The van der Waals surface area contributed by atoms with Gasteiger partial charge in [-0.05, 0) is 50.7 Å². The SMILES string of the molecule is CNC(=O)c1ccc(-c2nc3ccccc3n2[C@@H]2CCCN(C)C2)cc1. The van der Waals surface area contributed by atoms with Gasteiger partial charge in [-0.25, -0.2) is 4.98 Å². The van der Waals surface area contributed by atoms with Crippen molar-refractivity contribution < 1.29 is 4.79 Å². The van der Waals surface area contributed by atoms with Gasteiger partial charge >= 0.3 is 0 Å². The van der Waals surface area contributed by atoms with Crippen molar-refractivity contribution in [2.75, 3.05) is 27.2 Å². The number of benzene rings is 2. The fourth-order valence-corrected chi connectivity index (χ4v) is 3.88. The molecule has 1 aliphatic rings. The van der Waals surface area contributed by atoms with Gasteiger partial charge in [-0.2, -0.15) is 0 Å². The number of aromatic nitrogens is 2. The van der Waals surface area contributed by atoms with Crippen molar-refractivity contribution in [3.05, 3.63) is 54.1 Å². The lowest BCUT2D eigenvalue weighted by Crippen LogP contribution is -2.33. The molecule has 0 unspecified atom stereocenters. The summed E-state index contributed by atoms with van der Waals surface area (Å²) in [5.74, 6) is 0.911. The van der Waals surface area contributed by atoms with Crippen LogP contribution in [0.1, 0.15) is 29.2 Å². The van der Waals surface area contributed by atoms with Crippen LogP contribution in [0.4, 0.5) is 0 Å². The van der Waals surface area contributed by atoms with Crippen molar-refractivity contribution >= 4 is 16.9 Å². The first-order chi connectivity index (χ1) is 12.7. The Kier molecular flexibility index (Phi) is 4.47. The number of hydrogen-bond acceptors (Lipinski definition) is 3. The number of hydrogen-bond donors (Lipinski definition) is 1. The number of nitrogens with one attached hydrogen (secondary N) is 1. The van der Waals surface area contributed by atoms with E-state index in [0.717, 1.165) is 36.4 Å². The predicted octanol–water partition coefficient (Wildman–Crippen LogP) is 3.33. The Bertz CT molecular complexity index is 929. The van der Waals surface area contributed by atoms with Crippen LogP contribution in [0.2, 0.25) is 0 Å². The molecule has 134 valence electrons. The summed E-state index contributed by atoms with van der Waals surface area (Å²) in [4.78, 5) is 19.1. The molecule has 5 heteroatoms. The van der Waals surface area contributed by atoms with Gasteiger partial charge in [-0.3, -0.25) is 4.79 Å². The van der Waals surface area contributed by atoms with E-state index in [0.29, 0.717) is 11.6 Å². The summed E-state index contributed by atoms with van der Waals surface area (Å²) in [6.07, 6.45) is 2.36. The number of imidazole rings is 1. The van der Waals surface area contributed by atoms with Crippen LogP contribution in [0.15, 0.2) is 48.5 Å². The highest BCUT2D eigenvalue weighted by Gasteiger charge is 2.24. The van der Waals surface area contributed by atoms with E-state index in [1.54, 1.807) is 7.05 Å². The second-order valence-electron chi connectivity index (χ2n) is 7.01. The molecule has 1 N–H and O–H groups in total. The van der Waals surface area contributed by atoms with E-state index in [2.05, 4.69) is 40.0 Å². The Hall–Kier alpha value is -2.66. The largest absolute Gasteiger partial charge is 0.355 e. The smallest absolute Gasteiger partial charge is 0.251 e. The molecule has 1 amide bonds. The lowest BCUT2D eigenvalue weighted by molar-refractivity contribution is 0.0963. The number of carbonyl (C=O) groups is 1. The first kappa shape index (κ1) is 16.8. The highest BCUT2D eigenvalue weighted by molar-refractivity contribution is 5.94. The normalized spacial score (nSPS) is 18.2. The maximum Gasteiger partial charge on any atom is 0.251 e. The van der Waals surface area contributed by atoms with Crippen LogP contribution in [0.5, 0.6) is 0 Å². The van der Waals surface area contributed by atoms with Gasteiger partial charge in [-0.15, -0.1) is 0 Å². The fourth-order valence-electron chi connectivity index (χ4n) is 3.88. The van der Waals surface area contributed by atoms with Gasteiger partial charge in [0.1, 0.15) is 5.82 Å². The van der Waals surface area contributed by atoms with Crippen LogP contribution in [0.3, 0.4) is 0 Å². The molecule has 1 fully saturated rings. The molecule has 1 aromatic heterocycles. The lowest BCUT2D eigenvalue weighted by atomic mass is 10.0. The molecule has 0 saturated carbocycles. The number of likely N-dealkylation sites (tertiary alicyclic amines) is 1. The van der Waals surface area contributed by atoms with E-state index in [1.807, 2.05) is 30.3 Å². The minimum atomic E-state index is -0.0704. The zero-order chi connectivity index (χ0) is 18.1. The zero-order valence-corrected chi connectivity index (χ0v) is 15.3. The highest BCUT2D eigenvalue weighted by atomic mass is 16.1. The van der Waals surface area contributed by atoms with Crippen molar-refractivity contribution in [1.82, 2.24) is 19.8 Å². The van der Waals surface area contributed by atoms with E-state index in [9.17, 15) is 4.79 Å². The van der Waals surface area contributed by atoms with Crippen LogP contribution >= 0.6 is 0 Å². The van der Waals surface area contributed by atoms with E-state index in [-0.39, 0.29) is 5.91 Å². The summed E-state index contributed by atoms with van der Waals surface area (Å²) in [6.45, 7) is 2.18. The summed E-state index contributed by atoms with van der Waals surface area (Å²) in [6, 6.07) is 16.5. The van der Waals surface area contributed by atoms with Crippen LogP contribution in [-0.4, -0.2) is 47.5 Å². The van der Waals surface area contributed by atoms with Gasteiger partial charge in [0.25, 0.3) is 5.91 Å². The van der Waals surface area contributed by atoms with Gasteiger partial charge in [0, 0.05) is 30.8 Å². The molecule has 0 bridgehead atoms. The summed E-state index contributed by atoms with van der Waals surface area (Å²) in [5, 5.41) is 2.66. The summed E-state index contributed by atoms with van der Waals surface area (Å²) in [5.41, 5.74) is 3.91. The second-order valence-corrected chi connectivity index (χ2v) is 7.01. The molecule has 5 nitrogen and oxygen atoms in total. The fraction of sp³-hybridized carbons (Fsp3) is 0.333. The number of rotatable bonds is 3. The molecule has 2 heterocycles. The Balaban J connectivity index is 1.81. The average Bonchev–Trinajstić information content (AvgIpc) is 3.07. The second kappa shape index (κ2) is 6.92. The van der Waals surface area contributed by atoms with Gasteiger partial charge in [0.15, 0.2) is 0 Å². The number of para-hydroxylation sites is 2. The molecule has 2 aromatic carbocycles. The maximum atomic E-state index is 11.8. The molecule has 1 atom stereocenters. The molecule has 4 rings (SSSR count). The Labute approximate surface area is 153 Å². The third-order valence-electron chi connectivity index (χ3n) is 5.19. The summed E-state index contributed by atoms with van der Waals surface area (Å²) >= 11 is 0. The van der Waals surface area contributed by atoms with Crippen LogP contribution in [0.25, 0.3) is 22.4 Å². The number of carbonyl (C=O) groups excluding carboxylic acids is 1. The van der Waals surface area contributed by atoms with Crippen LogP contribution in [-0.2, 0) is 0 Å². The number of amides is 1. The van der Waals surface area contributed by atoms with Crippen molar-refractivity contribution in [1.29, 1.82) is 0 Å². The number of piperidine rings is 1.